The Morgan fingerprint density at radius 2 is 2.08 bits per heavy atom. The van der Waals surface area contributed by atoms with Gasteiger partial charge in [0.25, 0.3) is 5.56 Å². The molecule has 0 spiro atoms. The maximum atomic E-state index is 14.5. The van der Waals surface area contributed by atoms with Gasteiger partial charge in [-0.15, -0.1) is 0 Å². The van der Waals surface area contributed by atoms with Gasteiger partial charge in [0.2, 0.25) is 6.23 Å². The molecular weight excluding hydrogens is 401 g/mol. The molecule has 0 amide bonds. The highest BCUT2D eigenvalue weighted by molar-refractivity contribution is 7.53. The Morgan fingerprint density at radius 3 is 2.62 bits per heavy atom. The molecule has 0 aliphatic carbocycles. The van der Waals surface area contributed by atoms with Gasteiger partial charge in [0.15, 0.2) is 0 Å². The summed E-state index contributed by atoms with van der Waals surface area (Å²) >= 11 is 5.37. The summed E-state index contributed by atoms with van der Waals surface area (Å²) in [6.07, 6.45) is -5.05. The SMILES string of the molecule is COP(=O)(C[C@H]1O[C@@H](n2cc(/C=C/Cl)c(=O)[nH]c2=O)C(F)(F)[C@@H]1O)OC. The minimum Gasteiger partial charge on any atom is -0.384 e. The molecule has 9 nitrogen and oxygen atoms in total. The number of aromatic amines is 1. The van der Waals surface area contributed by atoms with Crippen molar-refractivity contribution in [1.29, 1.82) is 0 Å². The first-order valence-corrected chi connectivity index (χ1v) is 9.30. The molecule has 13 heteroatoms. The van der Waals surface area contributed by atoms with Gasteiger partial charge in [-0.25, -0.2) is 4.79 Å². The molecule has 1 aliphatic heterocycles. The van der Waals surface area contributed by atoms with Crippen LogP contribution in [0, 0.1) is 0 Å². The standard InChI is InChI=1S/C13H16ClF2N2O7P/c1-23-26(22,24-2)6-8-9(19)13(15,16)11(25-8)18-5-7(3-4-14)10(20)17-12(18)21/h3-5,8-9,11,19H,6H2,1-2H3,(H,17,20,21)/b4-3+/t8-,9-,11-/m1/s1. The molecule has 0 aromatic carbocycles. The van der Waals surface area contributed by atoms with Crippen molar-refractivity contribution in [2.75, 3.05) is 20.4 Å². The summed E-state index contributed by atoms with van der Waals surface area (Å²) in [7, 11) is -1.67. The van der Waals surface area contributed by atoms with E-state index in [1.165, 1.54) is 0 Å². The summed E-state index contributed by atoms with van der Waals surface area (Å²) in [6.45, 7) is 0. The molecule has 2 heterocycles. The topological polar surface area (TPSA) is 120 Å². The minimum absolute atomic E-state index is 0.184. The van der Waals surface area contributed by atoms with Crippen molar-refractivity contribution in [2.45, 2.75) is 24.4 Å². The highest BCUT2D eigenvalue weighted by Crippen LogP contribution is 2.52. The number of nitrogens with one attached hydrogen (secondary N) is 1. The molecule has 1 aromatic heterocycles. The van der Waals surface area contributed by atoms with Gasteiger partial charge in [0.05, 0.1) is 11.7 Å². The zero-order valence-electron chi connectivity index (χ0n) is 13.6. The van der Waals surface area contributed by atoms with Crippen LogP contribution in [0.5, 0.6) is 0 Å². The van der Waals surface area contributed by atoms with Gasteiger partial charge < -0.3 is 18.9 Å². The zero-order chi connectivity index (χ0) is 19.7. The molecule has 1 aromatic rings. The molecule has 1 fully saturated rings. The van der Waals surface area contributed by atoms with Crippen LogP contribution in [0.3, 0.4) is 0 Å². The van der Waals surface area contributed by atoms with Crippen LogP contribution in [0.25, 0.3) is 6.08 Å². The average Bonchev–Trinajstić information content (AvgIpc) is 2.81. The van der Waals surface area contributed by atoms with Crippen LogP contribution >= 0.6 is 19.2 Å². The monoisotopic (exact) mass is 416 g/mol. The smallest absolute Gasteiger partial charge is 0.332 e. The maximum absolute atomic E-state index is 14.5. The average molecular weight is 417 g/mol. The van der Waals surface area contributed by atoms with Crippen LogP contribution in [0.15, 0.2) is 21.3 Å². The molecule has 1 aliphatic rings. The number of H-pyrrole nitrogens is 1. The second-order valence-corrected chi connectivity index (χ2v) is 7.92. The fourth-order valence-electron chi connectivity index (χ4n) is 2.42. The van der Waals surface area contributed by atoms with E-state index in [2.05, 4.69) is 9.05 Å². The zero-order valence-corrected chi connectivity index (χ0v) is 15.2. The number of aliphatic hydroxyl groups is 1. The summed E-state index contributed by atoms with van der Waals surface area (Å²) < 4.78 is 55.9. The lowest BCUT2D eigenvalue weighted by Gasteiger charge is -2.21. The molecule has 146 valence electrons. The van der Waals surface area contributed by atoms with Crippen molar-refractivity contribution < 1.29 is 32.2 Å². The highest BCUT2D eigenvalue weighted by atomic mass is 35.5. The Kier molecular flexibility index (Phi) is 6.21. The van der Waals surface area contributed by atoms with Crippen LogP contribution in [0.4, 0.5) is 8.78 Å². The van der Waals surface area contributed by atoms with Gasteiger partial charge in [-0.05, 0) is 6.08 Å². The van der Waals surface area contributed by atoms with E-state index in [1.54, 1.807) is 0 Å². The number of nitrogens with zero attached hydrogens (tertiary/aromatic N) is 1. The predicted octanol–water partition coefficient (Wildman–Crippen LogP) is 1.13. The van der Waals surface area contributed by atoms with E-state index in [1.807, 2.05) is 4.98 Å². The first-order valence-electron chi connectivity index (χ1n) is 7.13. The number of aromatic nitrogens is 2. The number of hydrogen-bond donors (Lipinski definition) is 2. The van der Waals surface area contributed by atoms with Crippen LogP contribution in [0.2, 0.25) is 0 Å². The number of alkyl halides is 2. The van der Waals surface area contributed by atoms with E-state index < -0.39 is 49.4 Å². The van der Waals surface area contributed by atoms with Crippen molar-refractivity contribution >= 4 is 25.3 Å². The van der Waals surface area contributed by atoms with E-state index in [4.69, 9.17) is 16.3 Å². The van der Waals surface area contributed by atoms with Gasteiger partial charge in [0, 0.05) is 26.0 Å². The Bertz CT molecular complexity index is 848. The molecular formula is C13H16ClF2N2O7P. The van der Waals surface area contributed by atoms with Crippen molar-refractivity contribution in [3.8, 4) is 0 Å². The third-order valence-electron chi connectivity index (χ3n) is 3.83. The lowest BCUT2D eigenvalue weighted by Crippen LogP contribution is -2.43. The van der Waals surface area contributed by atoms with E-state index in [-0.39, 0.29) is 5.56 Å². The van der Waals surface area contributed by atoms with Crippen molar-refractivity contribution in [3.05, 3.63) is 38.1 Å². The molecule has 0 radical (unpaired) electrons. The van der Waals surface area contributed by atoms with Crippen LogP contribution < -0.4 is 11.2 Å². The van der Waals surface area contributed by atoms with E-state index in [9.17, 15) is 28.0 Å². The number of rotatable bonds is 6. The quantitative estimate of drug-likeness (QED) is 0.667. The van der Waals surface area contributed by atoms with E-state index >= 15 is 0 Å². The molecule has 3 atom stereocenters. The second-order valence-electron chi connectivity index (χ2n) is 5.35. The van der Waals surface area contributed by atoms with Crippen LogP contribution in [-0.4, -0.2) is 53.2 Å². The fraction of sp³-hybridized carbons (Fsp3) is 0.538. The Morgan fingerprint density at radius 1 is 1.46 bits per heavy atom. The van der Waals surface area contributed by atoms with E-state index in [0.717, 1.165) is 32.0 Å². The lowest BCUT2D eigenvalue weighted by molar-refractivity contribution is -0.140. The Balaban J connectivity index is 2.45. The largest absolute Gasteiger partial charge is 0.384 e. The molecule has 2 rings (SSSR count). The number of ether oxygens (including phenoxy) is 1. The summed E-state index contributed by atoms with van der Waals surface area (Å²) in [5.41, 5.74) is -1.25. The minimum atomic E-state index is -3.93. The van der Waals surface area contributed by atoms with Crippen molar-refractivity contribution in [1.82, 2.24) is 9.55 Å². The fourth-order valence-corrected chi connectivity index (χ4v) is 3.73. The van der Waals surface area contributed by atoms with Crippen LogP contribution in [-0.2, 0) is 18.3 Å². The first kappa shape index (κ1) is 20.9. The summed E-state index contributed by atoms with van der Waals surface area (Å²) in [5, 5.41) is 9.89. The normalized spacial score (nSPS) is 25.8. The van der Waals surface area contributed by atoms with Gasteiger partial charge >= 0.3 is 19.2 Å². The van der Waals surface area contributed by atoms with E-state index in [0.29, 0.717) is 4.57 Å². The second kappa shape index (κ2) is 7.71. The molecule has 0 unspecified atom stereocenters. The first-order chi connectivity index (χ1) is 12.1. The lowest BCUT2D eigenvalue weighted by atomic mass is 10.1. The van der Waals surface area contributed by atoms with Gasteiger partial charge in [-0.1, -0.05) is 11.6 Å². The van der Waals surface area contributed by atoms with Crippen molar-refractivity contribution in [3.63, 3.8) is 0 Å². The van der Waals surface area contributed by atoms with Gasteiger partial charge in [-0.2, -0.15) is 8.78 Å². The third kappa shape index (κ3) is 3.83. The molecule has 0 saturated carbocycles. The number of halogens is 3. The predicted molar refractivity (Wildman–Crippen MR) is 87.6 cm³/mol. The molecule has 1 saturated heterocycles. The Hall–Kier alpha value is -1.36. The number of hydrogen-bond acceptors (Lipinski definition) is 7. The third-order valence-corrected chi connectivity index (χ3v) is 5.88. The molecule has 2 N–H and O–H groups in total. The number of aliphatic hydroxyl groups excluding tert-OH is 1. The molecule has 26 heavy (non-hydrogen) atoms. The summed E-state index contributed by atoms with van der Waals surface area (Å²) in [5.74, 6) is -3.93. The summed E-state index contributed by atoms with van der Waals surface area (Å²) in [6, 6.07) is 0. The van der Waals surface area contributed by atoms with Gasteiger partial charge in [-0.3, -0.25) is 18.9 Å². The van der Waals surface area contributed by atoms with Gasteiger partial charge in [0.1, 0.15) is 12.2 Å². The van der Waals surface area contributed by atoms with Crippen molar-refractivity contribution in [2.24, 2.45) is 0 Å². The Labute approximate surface area is 150 Å². The highest BCUT2D eigenvalue weighted by Gasteiger charge is 2.60. The molecule has 0 bridgehead atoms. The van der Waals surface area contributed by atoms with Crippen LogP contribution in [0.1, 0.15) is 11.8 Å². The summed E-state index contributed by atoms with van der Waals surface area (Å²) in [4.78, 5) is 25.4. The maximum Gasteiger partial charge on any atom is 0.332 e.